The lowest BCUT2D eigenvalue weighted by molar-refractivity contribution is 0.170. The van der Waals surface area contributed by atoms with Gasteiger partial charge in [-0.15, -0.1) is 0 Å². The Morgan fingerprint density at radius 1 is 0.960 bits per heavy atom. The average molecular weight is 343 g/mol. The fraction of sp³-hybridized carbons (Fsp3) is 0.455. The Morgan fingerprint density at radius 3 is 2.12 bits per heavy atom. The van der Waals surface area contributed by atoms with Gasteiger partial charge in [0, 0.05) is 23.6 Å². The number of phenolic OH excluding ortho intramolecular Hbond substituents is 1. The van der Waals surface area contributed by atoms with Crippen LogP contribution < -0.4 is 0 Å². The van der Waals surface area contributed by atoms with E-state index in [0.29, 0.717) is 17.8 Å². The second-order valence-corrected chi connectivity index (χ2v) is 7.38. The minimum atomic E-state index is -0.234. The maximum atomic E-state index is 13.4. The Morgan fingerprint density at radius 2 is 1.56 bits per heavy atom. The van der Waals surface area contributed by atoms with Crippen LogP contribution in [-0.2, 0) is 0 Å². The van der Waals surface area contributed by atoms with E-state index in [1.165, 1.54) is 12.1 Å². The standard InChI is InChI=1S/C22H30FNO/c1-15(2)24(16(3)4)13-12-20(18-7-9-19(23)10-8-18)21-14-17(5)6-11-22(21)25/h6-11,14-16,20,25H,12-13H2,1-5H3. The van der Waals surface area contributed by atoms with Crippen LogP contribution in [0.1, 0.15) is 56.7 Å². The molecule has 1 N–H and O–H groups in total. The van der Waals surface area contributed by atoms with E-state index >= 15 is 0 Å². The van der Waals surface area contributed by atoms with E-state index in [1.807, 2.05) is 31.2 Å². The Bertz CT molecular complexity index is 671. The molecule has 0 bridgehead atoms. The van der Waals surface area contributed by atoms with Crippen LogP contribution in [0, 0.1) is 12.7 Å². The number of aromatic hydroxyl groups is 1. The molecular formula is C22H30FNO. The summed E-state index contributed by atoms with van der Waals surface area (Å²) in [5.74, 6) is 0.114. The van der Waals surface area contributed by atoms with E-state index in [-0.39, 0.29) is 11.7 Å². The average Bonchev–Trinajstić information content (AvgIpc) is 2.54. The van der Waals surface area contributed by atoms with Gasteiger partial charge in [0.15, 0.2) is 0 Å². The lowest BCUT2D eigenvalue weighted by Gasteiger charge is -2.32. The highest BCUT2D eigenvalue weighted by molar-refractivity contribution is 5.43. The van der Waals surface area contributed by atoms with Crippen LogP contribution in [-0.4, -0.2) is 28.6 Å². The summed E-state index contributed by atoms with van der Waals surface area (Å²) in [6.07, 6.45) is 0.874. The highest BCUT2D eigenvalue weighted by atomic mass is 19.1. The van der Waals surface area contributed by atoms with E-state index in [9.17, 15) is 9.50 Å². The molecule has 0 amide bonds. The van der Waals surface area contributed by atoms with Gasteiger partial charge in [-0.05, 0) is 71.3 Å². The first-order valence-electron chi connectivity index (χ1n) is 9.10. The Kier molecular flexibility index (Phi) is 6.60. The van der Waals surface area contributed by atoms with Crippen molar-refractivity contribution in [2.45, 2.75) is 59.0 Å². The molecule has 2 aromatic rings. The zero-order valence-electron chi connectivity index (χ0n) is 16.0. The number of nitrogens with zero attached hydrogens (tertiary/aromatic N) is 1. The monoisotopic (exact) mass is 343 g/mol. The van der Waals surface area contributed by atoms with Crippen molar-refractivity contribution in [2.24, 2.45) is 0 Å². The molecule has 136 valence electrons. The molecule has 0 aliphatic carbocycles. The molecule has 0 saturated carbocycles. The smallest absolute Gasteiger partial charge is 0.123 e. The molecule has 0 fully saturated rings. The van der Waals surface area contributed by atoms with Crippen LogP contribution in [0.3, 0.4) is 0 Å². The van der Waals surface area contributed by atoms with E-state index in [4.69, 9.17) is 0 Å². The summed E-state index contributed by atoms with van der Waals surface area (Å²) in [6, 6.07) is 13.3. The van der Waals surface area contributed by atoms with Gasteiger partial charge in [0.2, 0.25) is 0 Å². The first-order valence-corrected chi connectivity index (χ1v) is 9.10. The SMILES string of the molecule is Cc1ccc(O)c(C(CCN(C(C)C)C(C)C)c2ccc(F)cc2)c1. The summed E-state index contributed by atoms with van der Waals surface area (Å²) in [6.45, 7) is 11.8. The highest BCUT2D eigenvalue weighted by Gasteiger charge is 2.21. The van der Waals surface area contributed by atoms with Crippen molar-refractivity contribution in [1.29, 1.82) is 0 Å². The first kappa shape index (κ1) is 19.5. The fourth-order valence-corrected chi connectivity index (χ4v) is 3.54. The van der Waals surface area contributed by atoms with Gasteiger partial charge in [0.05, 0.1) is 0 Å². The maximum absolute atomic E-state index is 13.4. The van der Waals surface area contributed by atoms with Crippen molar-refractivity contribution < 1.29 is 9.50 Å². The Hall–Kier alpha value is -1.87. The number of rotatable bonds is 7. The van der Waals surface area contributed by atoms with Crippen LogP contribution in [0.15, 0.2) is 42.5 Å². The summed E-state index contributed by atoms with van der Waals surface area (Å²) in [4.78, 5) is 2.45. The molecule has 1 atom stereocenters. The Labute approximate surface area is 151 Å². The quantitative estimate of drug-likeness (QED) is 0.719. The maximum Gasteiger partial charge on any atom is 0.123 e. The topological polar surface area (TPSA) is 23.5 Å². The van der Waals surface area contributed by atoms with Crippen molar-refractivity contribution in [3.05, 3.63) is 65.0 Å². The van der Waals surface area contributed by atoms with Crippen LogP contribution in [0.5, 0.6) is 5.75 Å². The van der Waals surface area contributed by atoms with Gasteiger partial charge < -0.3 is 5.11 Å². The normalized spacial score (nSPS) is 13.0. The molecule has 2 aromatic carbocycles. The fourth-order valence-electron chi connectivity index (χ4n) is 3.54. The number of aryl methyl sites for hydroxylation is 1. The molecule has 2 nitrogen and oxygen atoms in total. The second kappa shape index (κ2) is 8.48. The molecule has 0 heterocycles. The van der Waals surface area contributed by atoms with Crippen molar-refractivity contribution in [3.63, 3.8) is 0 Å². The summed E-state index contributed by atoms with van der Waals surface area (Å²) in [5, 5.41) is 10.4. The molecule has 0 spiro atoms. The van der Waals surface area contributed by atoms with Crippen LogP contribution >= 0.6 is 0 Å². The molecule has 0 aromatic heterocycles. The Balaban J connectivity index is 2.35. The van der Waals surface area contributed by atoms with Gasteiger partial charge in [0.1, 0.15) is 11.6 Å². The van der Waals surface area contributed by atoms with Crippen LogP contribution in [0.4, 0.5) is 4.39 Å². The van der Waals surface area contributed by atoms with Gasteiger partial charge in [-0.1, -0.05) is 29.8 Å². The van der Waals surface area contributed by atoms with Gasteiger partial charge in [-0.3, -0.25) is 4.90 Å². The number of phenols is 1. The van der Waals surface area contributed by atoms with Crippen LogP contribution in [0.2, 0.25) is 0 Å². The van der Waals surface area contributed by atoms with Gasteiger partial charge >= 0.3 is 0 Å². The van der Waals surface area contributed by atoms with Crippen LogP contribution in [0.25, 0.3) is 0 Å². The minimum Gasteiger partial charge on any atom is -0.508 e. The van der Waals surface area contributed by atoms with Crippen molar-refractivity contribution >= 4 is 0 Å². The van der Waals surface area contributed by atoms with Gasteiger partial charge in [-0.25, -0.2) is 4.39 Å². The lowest BCUT2D eigenvalue weighted by Crippen LogP contribution is -2.38. The third kappa shape index (κ3) is 5.05. The number of hydrogen-bond acceptors (Lipinski definition) is 2. The molecular weight excluding hydrogens is 313 g/mol. The third-order valence-electron chi connectivity index (χ3n) is 4.83. The number of hydrogen-bond donors (Lipinski definition) is 1. The van der Waals surface area contributed by atoms with Crippen molar-refractivity contribution in [2.75, 3.05) is 6.54 Å². The van der Waals surface area contributed by atoms with E-state index in [0.717, 1.165) is 29.7 Å². The molecule has 1 unspecified atom stereocenters. The lowest BCUT2D eigenvalue weighted by atomic mass is 9.86. The predicted octanol–water partition coefficient (Wildman–Crippen LogP) is 5.48. The summed E-state index contributed by atoms with van der Waals surface area (Å²) >= 11 is 0. The predicted molar refractivity (Wildman–Crippen MR) is 103 cm³/mol. The van der Waals surface area contributed by atoms with Crippen molar-refractivity contribution in [3.8, 4) is 5.75 Å². The van der Waals surface area contributed by atoms with E-state index in [2.05, 4.69) is 32.6 Å². The summed E-state index contributed by atoms with van der Waals surface area (Å²) in [5.41, 5.74) is 3.07. The minimum absolute atomic E-state index is 0.0421. The van der Waals surface area contributed by atoms with E-state index in [1.54, 1.807) is 6.07 Å². The largest absolute Gasteiger partial charge is 0.508 e. The zero-order valence-corrected chi connectivity index (χ0v) is 16.0. The van der Waals surface area contributed by atoms with E-state index < -0.39 is 0 Å². The zero-order chi connectivity index (χ0) is 18.6. The first-order chi connectivity index (χ1) is 11.8. The third-order valence-corrected chi connectivity index (χ3v) is 4.83. The van der Waals surface area contributed by atoms with Gasteiger partial charge in [0.25, 0.3) is 0 Å². The molecule has 3 heteroatoms. The molecule has 0 aliphatic rings. The number of benzene rings is 2. The van der Waals surface area contributed by atoms with Crippen molar-refractivity contribution in [1.82, 2.24) is 4.90 Å². The molecule has 2 rings (SSSR count). The molecule has 25 heavy (non-hydrogen) atoms. The molecule has 0 aliphatic heterocycles. The summed E-state index contributed by atoms with van der Waals surface area (Å²) < 4.78 is 13.4. The molecule has 0 saturated heterocycles. The van der Waals surface area contributed by atoms with Gasteiger partial charge in [-0.2, -0.15) is 0 Å². The number of halogens is 1. The summed E-state index contributed by atoms with van der Waals surface area (Å²) in [7, 11) is 0. The second-order valence-electron chi connectivity index (χ2n) is 7.38. The highest BCUT2D eigenvalue weighted by Crippen LogP contribution is 2.35. The molecule has 0 radical (unpaired) electrons.